The van der Waals surface area contributed by atoms with Gasteiger partial charge >= 0.3 is 0 Å². The van der Waals surface area contributed by atoms with E-state index in [1.165, 1.54) is 11.3 Å². The van der Waals surface area contributed by atoms with E-state index in [0.717, 1.165) is 13.2 Å². The molecule has 0 amide bonds. The highest BCUT2D eigenvalue weighted by atomic mass is 35.5. The van der Waals surface area contributed by atoms with Crippen molar-refractivity contribution in [1.82, 2.24) is 0 Å². The average Bonchev–Trinajstić information content (AvgIpc) is 2.42. The maximum Gasteiger partial charge on any atom is 0.175 e. The van der Waals surface area contributed by atoms with Crippen molar-refractivity contribution in [3.8, 4) is 0 Å². The Hall–Kier alpha value is 0.260. The summed E-state index contributed by atoms with van der Waals surface area (Å²) >= 11 is 14.5. The summed E-state index contributed by atoms with van der Waals surface area (Å²) in [5.41, 5.74) is 0.541. The number of halogens is 2. The van der Waals surface area contributed by atoms with Crippen LogP contribution in [-0.4, -0.2) is 30.0 Å². The number of thiophene rings is 1. The van der Waals surface area contributed by atoms with Gasteiger partial charge in [0.15, 0.2) is 5.78 Å². The Balaban J connectivity index is 1.92. The van der Waals surface area contributed by atoms with Crippen LogP contribution in [0.15, 0.2) is 6.07 Å². The molecule has 82 valence electrons. The normalized spacial score (nSPS) is 16.4. The molecule has 0 radical (unpaired) electrons. The first-order chi connectivity index (χ1) is 7.16. The number of hydrogen-bond acceptors (Lipinski definition) is 4. The molecule has 0 N–H and O–H groups in total. The molecule has 6 heteroatoms. The van der Waals surface area contributed by atoms with Gasteiger partial charge < -0.3 is 4.74 Å². The third kappa shape index (κ3) is 2.88. The number of carbonyl (C=O) groups excluding carboxylic acids is 1. The zero-order valence-corrected chi connectivity index (χ0v) is 10.8. The fraction of sp³-hybridized carbons (Fsp3) is 0.444. The van der Waals surface area contributed by atoms with Gasteiger partial charge in [0.2, 0.25) is 0 Å². The third-order valence-corrected chi connectivity index (χ3v) is 4.67. The minimum Gasteiger partial charge on any atom is -0.379 e. The van der Waals surface area contributed by atoms with Crippen LogP contribution in [0.5, 0.6) is 0 Å². The number of ether oxygens (including phenoxy) is 1. The maximum atomic E-state index is 11.7. The first kappa shape index (κ1) is 11.7. The SMILES string of the molecule is O=C(CSC1COC1)c1cc(Cl)sc1Cl. The lowest BCUT2D eigenvalue weighted by Gasteiger charge is -2.24. The van der Waals surface area contributed by atoms with E-state index in [-0.39, 0.29) is 5.78 Å². The molecule has 0 saturated carbocycles. The minimum atomic E-state index is 0.0417. The maximum absolute atomic E-state index is 11.7. The first-order valence-corrected chi connectivity index (χ1v) is 6.96. The number of thioether (sulfide) groups is 1. The molecule has 1 fully saturated rings. The molecule has 1 aromatic heterocycles. The van der Waals surface area contributed by atoms with Crippen LogP contribution in [0.1, 0.15) is 10.4 Å². The van der Waals surface area contributed by atoms with Gasteiger partial charge in [-0.05, 0) is 6.07 Å². The summed E-state index contributed by atoms with van der Waals surface area (Å²) in [5.74, 6) is 0.487. The minimum absolute atomic E-state index is 0.0417. The molecule has 1 aromatic rings. The summed E-state index contributed by atoms with van der Waals surface area (Å²) in [6.45, 7) is 1.49. The summed E-state index contributed by atoms with van der Waals surface area (Å²) in [6, 6.07) is 1.63. The lowest BCUT2D eigenvalue weighted by molar-refractivity contribution is 0.0455. The highest BCUT2D eigenvalue weighted by Crippen LogP contribution is 2.32. The predicted molar refractivity (Wildman–Crippen MR) is 65.7 cm³/mol. The van der Waals surface area contributed by atoms with Gasteiger partial charge in [0.05, 0.1) is 28.6 Å². The highest BCUT2D eigenvalue weighted by Gasteiger charge is 2.21. The molecule has 0 atom stereocenters. The number of carbonyl (C=O) groups is 1. The number of Topliss-reactive ketones (excluding diaryl/α,β-unsaturated/α-hetero) is 1. The largest absolute Gasteiger partial charge is 0.379 e. The van der Waals surface area contributed by atoms with E-state index >= 15 is 0 Å². The molecule has 1 aliphatic rings. The number of hydrogen-bond donors (Lipinski definition) is 0. The molecule has 2 heterocycles. The molecule has 0 aromatic carbocycles. The van der Waals surface area contributed by atoms with E-state index in [1.54, 1.807) is 17.8 Å². The van der Waals surface area contributed by atoms with E-state index < -0.39 is 0 Å². The van der Waals surface area contributed by atoms with Crippen molar-refractivity contribution >= 4 is 52.1 Å². The number of rotatable bonds is 4. The van der Waals surface area contributed by atoms with Crippen LogP contribution in [0.25, 0.3) is 0 Å². The zero-order valence-electron chi connectivity index (χ0n) is 7.66. The smallest absolute Gasteiger partial charge is 0.175 e. The van der Waals surface area contributed by atoms with Gasteiger partial charge in [-0.15, -0.1) is 23.1 Å². The van der Waals surface area contributed by atoms with Gasteiger partial charge in [-0.25, -0.2) is 0 Å². The van der Waals surface area contributed by atoms with Crippen molar-refractivity contribution in [3.63, 3.8) is 0 Å². The van der Waals surface area contributed by atoms with E-state index in [9.17, 15) is 4.79 Å². The quantitative estimate of drug-likeness (QED) is 0.792. The van der Waals surface area contributed by atoms with E-state index in [0.29, 0.717) is 25.2 Å². The number of ketones is 1. The fourth-order valence-electron chi connectivity index (χ4n) is 1.11. The molecule has 1 saturated heterocycles. The predicted octanol–water partition coefficient (Wildman–Crippen LogP) is 3.37. The van der Waals surface area contributed by atoms with Crippen LogP contribution in [0.4, 0.5) is 0 Å². The van der Waals surface area contributed by atoms with Gasteiger partial charge in [0, 0.05) is 5.56 Å². The highest BCUT2D eigenvalue weighted by molar-refractivity contribution is 8.00. The lowest BCUT2D eigenvalue weighted by atomic mass is 10.2. The second-order valence-corrected chi connectivity index (χ2v) is 6.71. The van der Waals surface area contributed by atoms with Crippen molar-refractivity contribution in [1.29, 1.82) is 0 Å². The second kappa shape index (κ2) is 5.06. The average molecular weight is 283 g/mol. The van der Waals surface area contributed by atoms with Crippen LogP contribution in [0.3, 0.4) is 0 Å². The molecule has 0 aliphatic carbocycles. The van der Waals surface area contributed by atoms with Crippen molar-refractivity contribution in [2.24, 2.45) is 0 Å². The van der Waals surface area contributed by atoms with Crippen LogP contribution >= 0.6 is 46.3 Å². The van der Waals surface area contributed by atoms with Gasteiger partial charge in [0.25, 0.3) is 0 Å². The third-order valence-electron chi connectivity index (χ3n) is 2.01. The fourth-order valence-corrected chi connectivity index (χ4v) is 3.54. The Morgan fingerprint density at radius 3 is 2.80 bits per heavy atom. The Morgan fingerprint density at radius 2 is 2.33 bits per heavy atom. The first-order valence-electron chi connectivity index (χ1n) is 4.34. The van der Waals surface area contributed by atoms with Gasteiger partial charge in [-0.1, -0.05) is 23.2 Å². The van der Waals surface area contributed by atoms with Crippen LogP contribution in [0, 0.1) is 0 Å². The molecule has 15 heavy (non-hydrogen) atoms. The Kier molecular flexibility index (Phi) is 3.96. The topological polar surface area (TPSA) is 26.3 Å². The molecule has 2 nitrogen and oxygen atoms in total. The van der Waals surface area contributed by atoms with E-state index in [1.807, 2.05) is 0 Å². The van der Waals surface area contributed by atoms with Crippen molar-refractivity contribution < 1.29 is 9.53 Å². The van der Waals surface area contributed by atoms with Gasteiger partial charge in [-0.2, -0.15) is 0 Å². The monoisotopic (exact) mass is 282 g/mol. The molecule has 0 spiro atoms. The molecule has 2 rings (SSSR count). The summed E-state index contributed by atoms with van der Waals surface area (Å²) in [7, 11) is 0. The summed E-state index contributed by atoms with van der Waals surface area (Å²) in [5, 5.41) is 0.460. The van der Waals surface area contributed by atoms with Crippen molar-refractivity contribution in [3.05, 3.63) is 20.3 Å². The Morgan fingerprint density at radius 1 is 1.60 bits per heavy atom. The Bertz CT molecular complexity index is 374. The summed E-state index contributed by atoms with van der Waals surface area (Å²) in [4.78, 5) is 11.7. The molecule has 0 unspecified atom stereocenters. The van der Waals surface area contributed by atoms with Gasteiger partial charge in [0.1, 0.15) is 4.34 Å². The second-order valence-electron chi connectivity index (χ2n) is 3.13. The Labute approximate surface area is 106 Å². The molecular formula is C9H8Cl2O2S2. The van der Waals surface area contributed by atoms with E-state index in [4.69, 9.17) is 27.9 Å². The molecule has 1 aliphatic heterocycles. The summed E-state index contributed by atoms with van der Waals surface area (Å²) in [6.07, 6.45) is 0. The van der Waals surface area contributed by atoms with Crippen molar-refractivity contribution in [2.75, 3.05) is 19.0 Å². The van der Waals surface area contributed by atoms with Crippen LogP contribution < -0.4 is 0 Å². The summed E-state index contributed by atoms with van der Waals surface area (Å²) < 4.78 is 6.06. The van der Waals surface area contributed by atoms with Crippen LogP contribution in [-0.2, 0) is 4.74 Å². The van der Waals surface area contributed by atoms with Crippen molar-refractivity contribution in [2.45, 2.75) is 5.25 Å². The standard InChI is InChI=1S/C9H8Cl2O2S2/c10-8-1-6(9(11)15-8)7(12)4-14-5-2-13-3-5/h1,5H,2-4H2. The van der Waals surface area contributed by atoms with Crippen LogP contribution in [0.2, 0.25) is 8.67 Å². The lowest BCUT2D eigenvalue weighted by Crippen LogP contribution is -2.31. The van der Waals surface area contributed by atoms with Gasteiger partial charge in [-0.3, -0.25) is 4.79 Å². The molecule has 0 bridgehead atoms. The molecular weight excluding hydrogens is 275 g/mol. The van der Waals surface area contributed by atoms with E-state index in [2.05, 4.69) is 0 Å². The zero-order chi connectivity index (χ0) is 10.8.